The highest BCUT2D eigenvalue weighted by molar-refractivity contribution is 6.30. The molecule has 2 unspecified atom stereocenters. The van der Waals surface area contributed by atoms with Gasteiger partial charge < -0.3 is 10.5 Å². The van der Waals surface area contributed by atoms with E-state index in [2.05, 4.69) is 11.0 Å². The van der Waals surface area contributed by atoms with Gasteiger partial charge in [-0.3, -0.25) is 4.90 Å². The van der Waals surface area contributed by atoms with Gasteiger partial charge in [-0.25, -0.2) is 0 Å². The van der Waals surface area contributed by atoms with Crippen LogP contribution in [0.5, 0.6) is 0 Å². The van der Waals surface area contributed by atoms with Crippen molar-refractivity contribution in [2.75, 3.05) is 26.8 Å². The number of hydrogen-bond acceptors (Lipinski definition) is 3. The van der Waals surface area contributed by atoms with E-state index in [-0.39, 0.29) is 12.1 Å². The van der Waals surface area contributed by atoms with Crippen LogP contribution in [0.25, 0.3) is 0 Å². The van der Waals surface area contributed by atoms with Crippen molar-refractivity contribution in [3.05, 3.63) is 34.9 Å². The van der Waals surface area contributed by atoms with Crippen molar-refractivity contribution >= 4 is 11.6 Å². The van der Waals surface area contributed by atoms with Gasteiger partial charge in [0.2, 0.25) is 0 Å². The maximum absolute atomic E-state index is 6.40. The average Bonchev–Trinajstić information content (AvgIpc) is 2.58. The zero-order chi connectivity index (χ0) is 13.7. The number of hydrogen-bond donors (Lipinski definition) is 1. The zero-order valence-corrected chi connectivity index (χ0v) is 12.3. The summed E-state index contributed by atoms with van der Waals surface area (Å²) in [6.07, 6.45) is 3.47. The van der Waals surface area contributed by atoms with Gasteiger partial charge in [0.1, 0.15) is 0 Å². The van der Waals surface area contributed by atoms with Crippen LogP contribution in [0, 0.1) is 0 Å². The summed E-state index contributed by atoms with van der Waals surface area (Å²) in [5, 5.41) is 0.778. The van der Waals surface area contributed by atoms with Crippen LogP contribution in [0.2, 0.25) is 5.02 Å². The van der Waals surface area contributed by atoms with Crippen molar-refractivity contribution in [2.45, 2.75) is 31.3 Å². The van der Waals surface area contributed by atoms with Crippen LogP contribution in [0.4, 0.5) is 0 Å². The first kappa shape index (κ1) is 14.8. The Labute approximate surface area is 120 Å². The molecule has 106 valence electrons. The van der Waals surface area contributed by atoms with Crippen molar-refractivity contribution in [2.24, 2.45) is 5.73 Å². The summed E-state index contributed by atoms with van der Waals surface area (Å²) in [7, 11) is 1.74. The molecule has 0 bridgehead atoms. The Hall–Kier alpha value is -0.610. The van der Waals surface area contributed by atoms with Gasteiger partial charge >= 0.3 is 0 Å². The topological polar surface area (TPSA) is 38.5 Å². The van der Waals surface area contributed by atoms with E-state index in [4.69, 9.17) is 22.1 Å². The molecule has 4 heteroatoms. The first-order chi connectivity index (χ1) is 9.22. The number of nitrogens with two attached hydrogens (primary N) is 1. The molecule has 0 radical (unpaired) electrons. The number of ether oxygens (including phenoxy) is 1. The molecule has 1 aromatic carbocycles. The summed E-state index contributed by atoms with van der Waals surface area (Å²) in [6, 6.07) is 8.49. The van der Waals surface area contributed by atoms with Gasteiger partial charge in [0.15, 0.2) is 0 Å². The Kier molecular flexibility index (Phi) is 5.64. The van der Waals surface area contributed by atoms with E-state index >= 15 is 0 Å². The Balaban J connectivity index is 2.23. The number of benzene rings is 1. The monoisotopic (exact) mass is 282 g/mol. The van der Waals surface area contributed by atoms with Crippen LogP contribution >= 0.6 is 11.6 Å². The second-order valence-corrected chi connectivity index (χ2v) is 5.62. The molecule has 19 heavy (non-hydrogen) atoms. The predicted molar refractivity (Wildman–Crippen MR) is 79.5 cm³/mol. The molecule has 1 heterocycles. The van der Waals surface area contributed by atoms with Crippen LogP contribution in [-0.4, -0.2) is 37.7 Å². The summed E-state index contributed by atoms with van der Waals surface area (Å²) in [4.78, 5) is 2.44. The third-order valence-electron chi connectivity index (χ3n) is 3.80. The Bertz CT molecular complexity index is 399. The third kappa shape index (κ3) is 3.93. The number of nitrogens with zero attached hydrogens (tertiary/aromatic N) is 1. The second kappa shape index (κ2) is 7.25. The quantitative estimate of drug-likeness (QED) is 0.923. The van der Waals surface area contributed by atoms with Gasteiger partial charge in [-0.15, -0.1) is 0 Å². The summed E-state index contributed by atoms with van der Waals surface area (Å²) < 4.78 is 5.22. The summed E-state index contributed by atoms with van der Waals surface area (Å²) >= 11 is 6.12. The van der Waals surface area contributed by atoms with Crippen molar-refractivity contribution < 1.29 is 4.74 Å². The minimum atomic E-state index is 0.165. The lowest BCUT2D eigenvalue weighted by atomic mass is 9.96. The maximum atomic E-state index is 6.40. The molecule has 1 aromatic rings. The highest BCUT2D eigenvalue weighted by atomic mass is 35.5. The van der Waals surface area contributed by atoms with Crippen molar-refractivity contribution in [1.29, 1.82) is 0 Å². The fourth-order valence-electron chi connectivity index (χ4n) is 2.87. The molecule has 0 spiro atoms. The highest BCUT2D eigenvalue weighted by Gasteiger charge is 2.28. The summed E-state index contributed by atoms with van der Waals surface area (Å²) in [5.74, 6) is 0. The van der Waals surface area contributed by atoms with Gasteiger partial charge in [-0.1, -0.05) is 30.2 Å². The van der Waals surface area contributed by atoms with E-state index in [0.717, 1.165) is 31.1 Å². The van der Waals surface area contributed by atoms with Crippen LogP contribution in [0.15, 0.2) is 24.3 Å². The fraction of sp³-hybridized carbons (Fsp3) is 0.600. The number of likely N-dealkylation sites (tertiary alicyclic amines) is 1. The van der Waals surface area contributed by atoms with Crippen LogP contribution in [-0.2, 0) is 4.74 Å². The van der Waals surface area contributed by atoms with Gasteiger partial charge in [0.05, 0.1) is 12.6 Å². The van der Waals surface area contributed by atoms with E-state index in [1.54, 1.807) is 7.11 Å². The number of rotatable bonds is 4. The minimum Gasteiger partial charge on any atom is -0.383 e. The molecule has 2 N–H and O–H groups in total. The smallest absolute Gasteiger partial charge is 0.0589 e. The van der Waals surface area contributed by atoms with Crippen molar-refractivity contribution in [3.63, 3.8) is 0 Å². The molecule has 1 saturated heterocycles. The molecular weight excluding hydrogens is 260 g/mol. The molecule has 2 rings (SSSR count). The van der Waals surface area contributed by atoms with Crippen molar-refractivity contribution in [3.8, 4) is 0 Å². The number of halogens is 1. The highest BCUT2D eigenvalue weighted by Crippen LogP contribution is 2.30. The first-order valence-electron chi connectivity index (χ1n) is 6.96. The van der Waals surface area contributed by atoms with Crippen LogP contribution in [0.1, 0.15) is 30.9 Å². The molecule has 0 aliphatic carbocycles. The van der Waals surface area contributed by atoms with Crippen LogP contribution in [0.3, 0.4) is 0 Å². The predicted octanol–water partition coefficient (Wildman–Crippen LogP) is 2.84. The van der Waals surface area contributed by atoms with Crippen molar-refractivity contribution in [1.82, 2.24) is 4.90 Å². The SMILES string of the molecule is COCCN1CCCCC(N)C1c1cccc(Cl)c1. The van der Waals surface area contributed by atoms with Gasteiger partial charge in [0.25, 0.3) is 0 Å². The molecule has 0 aromatic heterocycles. The largest absolute Gasteiger partial charge is 0.383 e. The molecule has 1 fully saturated rings. The molecule has 1 aliphatic heterocycles. The Morgan fingerprint density at radius 1 is 1.42 bits per heavy atom. The first-order valence-corrected chi connectivity index (χ1v) is 7.34. The summed E-state index contributed by atoms with van der Waals surface area (Å²) in [6.45, 7) is 2.74. The summed E-state index contributed by atoms with van der Waals surface area (Å²) in [5.41, 5.74) is 7.62. The lowest BCUT2D eigenvalue weighted by Gasteiger charge is -2.33. The van der Waals surface area contributed by atoms with Gasteiger partial charge in [0, 0.05) is 24.7 Å². The zero-order valence-electron chi connectivity index (χ0n) is 11.5. The van der Waals surface area contributed by atoms with Gasteiger partial charge in [-0.05, 0) is 37.1 Å². The van der Waals surface area contributed by atoms with E-state index < -0.39 is 0 Å². The molecule has 3 nitrogen and oxygen atoms in total. The standard InChI is InChI=1S/C15H23ClN2O/c1-19-10-9-18-8-3-2-7-14(17)15(18)12-5-4-6-13(16)11-12/h4-6,11,14-15H,2-3,7-10,17H2,1H3. The second-order valence-electron chi connectivity index (χ2n) is 5.19. The molecule has 0 saturated carbocycles. The van der Waals surface area contributed by atoms with E-state index in [0.29, 0.717) is 0 Å². The van der Waals surface area contributed by atoms with E-state index in [9.17, 15) is 0 Å². The molecular formula is C15H23ClN2O. The van der Waals surface area contributed by atoms with Gasteiger partial charge in [-0.2, -0.15) is 0 Å². The minimum absolute atomic E-state index is 0.165. The Morgan fingerprint density at radius 2 is 2.26 bits per heavy atom. The lowest BCUT2D eigenvalue weighted by molar-refractivity contribution is 0.115. The molecule has 1 aliphatic rings. The number of methoxy groups -OCH3 is 1. The van der Waals surface area contributed by atoms with Crippen LogP contribution < -0.4 is 5.73 Å². The lowest BCUT2D eigenvalue weighted by Crippen LogP contribution is -2.41. The molecule has 0 amide bonds. The molecule has 2 atom stereocenters. The maximum Gasteiger partial charge on any atom is 0.0589 e. The Morgan fingerprint density at radius 3 is 3.00 bits per heavy atom. The fourth-order valence-corrected chi connectivity index (χ4v) is 3.07. The van der Waals surface area contributed by atoms with E-state index in [1.807, 2.05) is 18.2 Å². The normalized spacial score (nSPS) is 25.2. The average molecular weight is 283 g/mol. The third-order valence-corrected chi connectivity index (χ3v) is 4.04. The van der Waals surface area contributed by atoms with E-state index in [1.165, 1.54) is 18.4 Å².